The molecule has 21 heavy (non-hydrogen) atoms. The summed E-state index contributed by atoms with van der Waals surface area (Å²) in [6.45, 7) is 0.0108. The molecule has 4 heteroatoms. The number of hydrogen-bond acceptors (Lipinski definition) is 3. The van der Waals surface area contributed by atoms with Gasteiger partial charge >= 0.3 is 5.97 Å². The maximum Gasteiger partial charge on any atom is 0.336 e. The first-order valence-corrected chi connectivity index (χ1v) is 6.66. The van der Waals surface area contributed by atoms with Crippen LogP contribution in [0.25, 0.3) is 0 Å². The molecule has 2 rings (SSSR count). The quantitative estimate of drug-likeness (QED) is 0.798. The highest BCUT2D eigenvalue weighted by atomic mass is 16.4. The van der Waals surface area contributed by atoms with Gasteiger partial charge in [-0.25, -0.2) is 4.79 Å². The molecule has 0 aliphatic carbocycles. The SMILES string of the molecule is O=C(O)c1ccccc1C(=O)Cc1ccccc1CCO. The molecule has 0 radical (unpaired) electrons. The highest BCUT2D eigenvalue weighted by molar-refractivity contribution is 6.06. The van der Waals surface area contributed by atoms with E-state index in [1.54, 1.807) is 12.1 Å². The summed E-state index contributed by atoms with van der Waals surface area (Å²) >= 11 is 0. The number of benzene rings is 2. The van der Waals surface area contributed by atoms with Crippen LogP contribution in [0.5, 0.6) is 0 Å². The van der Waals surface area contributed by atoms with Crippen LogP contribution in [0.2, 0.25) is 0 Å². The van der Waals surface area contributed by atoms with Gasteiger partial charge in [0.2, 0.25) is 0 Å². The molecule has 0 bridgehead atoms. The van der Waals surface area contributed by atoms with Crippen molar-refractivity contribution in [2.45, 2.75) is 12.8 Å². The Balaban J connectivity index is 2.29. The van der Waals surface area contributed by atoms with Crippen molar-refractivity contribution in [3.05, 3.63) is 70.8 Å². The van der Waals surface area contributed by atoms with Crippen molar-refractivity contribution in [3.63, 3.8) is 0 Å². The summed E-state index contributed by atoms with van der Waals surface area (Å²) in [5.74, 6) is -1.35. The molecule has 4 nitrogen and oxygen atoms in total. The first-order valence-electron chi connectivity index (χ1n) is 6.66. The minimum atomic E-state index is -1.11. The summed E-state index contributed by atoms with van der Waals surface area (Å²) in [5.41, 5.74) is 1.95. The number of rotatable bonds is 6. The van der Waals surface area contributed by atoms with Crippen LogP contribution in [0.15, 0.2) is 48.5 Å². The monoisotopic (exact) mass is 284 g/mol. The standard InChI is InChI=1S/C17H16O4/c18-10-9-12-5-1-2-6-13(12)11-16(19)14-7-3-4-8-15(14)17(20)21/h1-8,18H,9-11H2,(H,20,21). The van der Waals surface area contributed by atoms with E-state index in [-0.39, 0.29) is 29.9 Å². The zero-order valence-electron chi connectivity index (χ0n) is 11.5. The van der Waals surface area contributed by atoms with Gasteiger partial charge in [-0.3, -0.25) is 4.79 Å². The molecular weight excluding hydrogens is 268 g/mol. The van der Waals surface area contributed by atoms with E-state index in [1.807, 2.05) is 24.3 Å². The first kappa shape index (κ1) is 14.9. The maximum atomic E-state index is 12.4. The minimum absolute atomic E-state index is 0.0108. The average Bonchev–Trinajstić information content (AvgIpc) is 2.49. The molecule has 0 aromatic heterocycles. The molecule has 0 unspecified atom stereocenters. The van der Waals surface area contributed by atoms with E-state index in [0.717, 1.165) is 11.1 Å². The van der Waals surface area contributed by atoms with Crippen molar-refractivity contribution in [2.24, 2.45) is 0 Å². The topological polar surface area (TPSA) is 74.6 Å². The van der Waals surface area contributed by atoms with E-state index >= 15 is 0 Å². The predicted molar refractivity (Wildman–Crippen MR) is 78.7 cm³/mol. The fourth-order valence-electron chi connectivity index (χ4n) is 2.28. The van der Waals surface area contributed by atoms with E-state index in [9.17, 15) is 9.59 Å². The second-order valence-corrected chi connectivity index (χ2v) is 4.69. The van der Waals surface area contributed by atoms with E-state index in [1.165, 1.54) is 12.1 Å². The van der Waals surface area contributed by atoms with Gasteiger partial charge in [-0.05, 0) is 23.6 Å². The van der Waals surface area contributed by atoms with E-state index in [2.05, 4.69) is 0 Å². The number of ketones is 1. The van der Waals surface area contributed by atoms with Gasteiger partial charge in [0.05, 0.1) is 5.56 Å². The maximum absolute atomic E-state index is 12.4. The third-order valence-electron chi connectivity index (χ3n) is 3.31. The number of hydrogen-bond donors (Lipinski definition) is 2. The molecule has 108 valence electrons. The lowest BCUT2D eigenvalue weighted by molar-refractivity contribution is 0.0692. The van der Waals surface area contributed by atoms with Gasteiger partial charge in [-0.2, -0.15) is 0 Å². The first-order chi connectivity index (χ1) is 10.1. The van der Waals surface area contributed by atoms with Gasteiger partial charge in [0, 0.05) is 18.6 Å². The van der Waals surface area contributed by atoms with Crippen molar-refractivity contribution in [2.75, 3.05) is 6.61 Å². The Morgan fingerprint density at radius 2 is 1.43 bits per heavy atom. The van der Waals surface area contributed by atoms with Gasteiger partial charge in [0.25, 0.3) is 0 Å². The predicted octanol–water partition coefficient (Wildman–Crippen LogP) is 2.35. The molecule has 0 spiro atoms. The molecule has 0 amide bonds. The van der Waals surface area contributed by atoms with Gasteiger partial charge < -0.3 is 10.2 Å². The fourth-order valence-corrected chi connectivity index (χ4v) is 2.28. The summed E-state index contributed by atoms with van der Waals surface area (Å²) in [5, 5.41) is 18.2. The Morgan fingerprint density at radius 1 is 0.857 bits per heavy atom. The second-order valence-electron chi connectivity index (χ2n) is 4.69. The molecule has 2 aromatic carbocycles. The van der Waals surface area contributed by atoms with E-state index in [0.29, 0.717) is 6.42 Å². The number of carboxylic acid groups (broad SMARTS) is 1. The summed E-state index contributed by atoms with van der Waals surface area (Å²) in [6, 6.07) is 13.6. The largest absolute Gasteiger partial charge is 0.478 e. The Morgan fingerprint density at radius 3 is 2.05 bits per heavy atom. The summed E-state index contributed by atoms with van der Waals surface area (Å²) < 4.78 is 0. The summed E-state index contributed by atoms with van der Waals surface area (Å²) in [7, 11) is 0. The second kappa shape index (κ2) is 6.81. The third kappa shape index (κ3) is 3.55. The van der Waals surface area contributed by atoms with Crippen LogP contribution in [0.4, 0.5) is 0 Å². The van der Waals surface area contributed by atoms with Crippen LogP contribution < -0.4 is 0 Å². The smallest absolute Gasteiger partial charge is 0.336 e. The highest BCUT2D eigenvalue weighted by Crippen LogP contribution is 2.16. The van der Waals surface area contributed by atoms with Crippen LogP contribution in [0, 0.1) is 0 Å². The Hall–Kier alpha value is -2.46. The van der Waals surface area contributed by atoms with Crippen LogP contribution in [-0.4, -0.2) is 28.6 Å². The summed E-state index contributed by atoms with van der Waals surface area (Å²) in [4.78, 5) is 23.5. The summed E-state index contributed by atoms with van der Waals surface area (Å²) in [6.07, 6.45) is 0.602. The van der Waals surface area contributed by atoms with Crippen LogP contribution in [0.3, 0.4) is 0 Å². The minimum Gasteiger partial charge on any atom is -0.478 e. The molecule has 0 aliphatic rings. The van der Waals surface area contributed by atoms with Gasteiger partial charge in [-0.1, -0.05) is 42.5 Å². The fraction of sp³-hybridized carbons (Fsp3) is 0.176. The lowest BCUT2D eigenvalue weighted by atomic mass is 9.95. The molecule has 0 saturated heterocycles. The number of aliphatic hydroxyl groups excluding tert-OH is 1. The van der Waals surface area contributed by atoms with Crippen molar-refractivity contribution >= 4 is 11.8 Å². The molecule has 0 heterocycles. The number of Topliss-reactive ketones (excluding diaryl/α,β-unsaturated/α-hetero) is 1. The number of aliphatic hydroxyl groups is 1. The third-order valence-corrected chi connectivity index (χ3v) is 3.31. The van der Waals surface area contributed by atoms with Crippen LogP contribution >= 0.6 is 0 Å². The van der Waals surface area contributed by atoms with Gasteiger partial charge in [0.1, 0.15) is 0 Å². The average molecular weight is 284 g/mol. The molecule has 0 aliphatic heterocycles. The van der Waals surface area contributed by atoms with Crippen LogP contribution in [-0.2, 0) is 12.8 Å². The van der Waals surface area contributed by atoms with Crippen molar-refractivity contribution in [3.8, 4) is 0 Å². The van der Waals surface area contributed by atoms with Crippen molar-refractivity contribution < 1.29 is 19.8 Å². The number of aromatic carboxylic acids is 1. The van der Waals surface area contributed by atoms with Gasteiger partial charge in [0.15, 0.2) is 5.78 Å². The van der Waals surface area contributed by atoms with Crippen molar-refractivity contribution in [1.29, 1.82) is 0 Å². The lowest BCUT2D eigenvalue weighted by Gasteiger charge is -2.09. The Labute approximate surface area is 122 Å². The molecular formula is C17H16O4. The lowest BCUT2D eigenvalue weighted by Crippen LogP contribution is -2.12. The molecule has 2 N–H and O–H groups in total. The molecule has 2 aromatic rings. The van der Waals surface area contributed by atoms with Crippen LogP contribution in [0.1, 0.15) is 31.8 Å². The number of carbonyl (C=O) groups is 2. The van der Waals surface area contributed by atoms with E-state index in [4.69, 9.17) is 10.2 Å². The number of carbonyl (C=O) groups excluding carboxylic acids is 1. The van der Waals surface area contributed by atoms with Gasteiger partial charge in [-0.15, -0.1) is 0 Å². The Bertz CT molecular complexity index is 661. The molecule has 0 saturated carbocycles. The van der Waals surface area contributed by atoms with Crippen molar-refractivity contribution in [1.82, 2.24) is 0 Å². The number of carboxylic acids is 1. The molecule has 0 atom stereocenters. The Kier molecular flexibility index (Phi) is 4.85. The normalized spacial score (nSPS) is 10.3. The highest BCUT2D eigenvalue weighted by Gasteiger charge is 2.16. The zero-order valence-corrected chi connectivity index (χ0v) is 11.5. The zero-order chi connectivity index (χ0) is 15.2. The van der Waals surface area contributed by atoms with E-state index < -0.39 is 5.97 Å². The molecule has 0 fully saturated rings.